The van der Waals surface area contributed by atoms with Crippen molar-refractivity contribution in [1.82, 2.24) is 0 Å². The Labute approximate surface area is 94.4 Å². The molecule has 0 fully saturated rings. The number of carbonyl (C=O) groups is 1. The van der Waals surface area contributed by atoms with Gasteiger partial charge in [-0.2, -0.15) is 0 Å². The molecule has 0 aromatic heterocycles. The Morgan fingerprint density at radius 3 is 2.56 bits per heavy atom. The lowest BCUT2D eigenvalue weighted by Crippen LogP contribution is -2.12. The number of nitrogens with two attached hydrogens (primary N) is 1. The van der Waals surface area contributed by atoms with Crippen LogP contribution in [0.15, 0.2) is 6.07 Å². The molecular weight excluding hydrogens is 209 g/mol. The third-order valence-corrected chi connectivity index (χ3v) is 2.44. The van der Waals surface area contributed by atoms with E-state index in [1.807, 2.05) is 0 Å². The highest BCUT2D eigenvalue weighted by Gasteiger charge is 2.20. The van der Waals surface area contributed by atoms with Crippen molar-refractivity contribution in [3.05, 3.63) is 28.6 Å². The van der Waals surface area contributed by atoms with Crippen molar-refractivity contribution in [2.45, 2.75) is 20.3 Å². The molecule has 0 aliphatic heterocycles. The fraction of sp³-hybridized carbons (Fsp3) is 0.417. The van der Waals surface area contributed by atoms with Crippen LogP contribution in [0.3, 0.4) is 0 Å². The standard InChI is InChI=1S/C12H16FNO2/c1-7-6-8(2)12(16-3)10(11(7)13)9(15)4-5-14/h6H,4-5,14H2,1-3H3. The molecule has 0 aliphatic rings. The first-order valence-electron chi connectivity index (χ1n) is 5.09. The highest BCUT2D eigenvalue weighted by Crippen LogP contribution is 2.29. The molecule has 0 heterocycles. The molecule has 0 atom stereocenters. The van der Waals surface area contributed by atoms with Crippen molar-refractivity contribution in [2.75, 3.05) is 13.7 Å². The van der Waals surface area contributed by atoms with Gasteiger partial charge in [0, 0.05) is 6.42 Å². The number of ether oxygens (including phenoxy) is 1. The Balaban J connectivity index is 3.38. The van der Waals surface area contributed by atoms with E-state index in [0.717, 1.165) is 5.56 Å². The predicted molar refractivity (Wildman–Crippen MR) is 60.4 cm³/mol. The first-order valence-corrected chi connectivity index (χ1v) is 5.09. The maximum absolute atomic E-state index is 13.9. The summed E-state index contributed by atoms with van der Waals surface area (Å²) < 4.78 is 18.9. The molecule has 0 amide bonds. The molecule has 0 bridgehead atoms. The number of aryl methyl sites for hydroxylation is 2. The summed E-state index contributed by atoms with van der Waals surface area (Å²) in [5.74, 6) is -0.522. The van der Waals surface area contributed by atoms with E-state index >= 15 is 0 Å². The highest BCUT2D eigenvalue weighted by molar-refractivity contribution is 5.99. The zero-order valence-electron chi connectivity index (χ0n) is 9.76. The van der Waals surface area contributed by atoms with E-state index in [1.54, 1.807) is 19.9 Å². The molecule has 1 aromatic carbocycles. The molecule has 0 saturated heterocycles. The van der Waals surface area contributed by atoms with E-state index in [-0.39, 0.29) is 24.3 Å². The molecule has 88 valence electrons. The second-order valence-corrected chi connectivity index (χ2v) is 3.69. The minimum Gasteiger partial charge on any atom is -0.496 e. The number of hydrogen-bond donors (Lipinski definition) is 1. The zero-order chi connectivity index (χ0) is 12.3. The van der Waals surface area contributed by atoms with E-state index in [4.69, 9.17) is 10.5 Å². The summed E-state index contributed by atoms with van der Waals surface area (Å²) in [6.45, 7) is 3.61. The minimum absolute atomic E-state index is 0.0189. The van der Waals surface area contributed by atoms with Gasteiger partial charge in [-0.25, -0.2) is 4.39 Å². The summed E-state index contributed by atoms with van der Waals surface area (Å²) in [6, 6.07) is 1.66. The quantitative estimate of drug-likeness (QED) is 0.797. The van der Waals surface area contributed by atoms with Crippen molar-refractivity contribution in [3.63, 3.8) is 0 Å². The van der Waals surface area contributed by atoms with Gasteiger partial charge in [-0.15, -0.1) is 0 Å². The second kappa shape index (κ2) is 5.07. The van der Waals surface area contributed by atoms with Gasteiger partial charge in [-0.05, 0) is 37.6 Å². The molecule has 0 unspecified atom stereocenters. The number of benzene rings is 1. The summed E-state index contributed by atoms with van der Waals surface area (Å²) in [5, 5.41) is 0. The van der Waals surface area contributed by atoms with Crippen LogP contribution in [-0.4, -0.2) is 19.4 Å². The summed E-state index contributed by atoms with van der Waals surface area (Å²) in [7, 11) is 1.43. The molecular formula is C12H16FNO2. The molecule has 2 N–H and O–H groups in total. The van der Waals surface area contributed by atoms with Crippen LogP contribution in [0.5, 0.6) is 5.75 Å². The minimum atomic E-state index is -0.513. The normalized spacial score (nSPS) is 10.3. The van der Waals surface area contributed by atoms with Crippen molar-refractivity contribution in [2.24, 2.45) is 5.73 Å². The molecule has 16 heavy (non-hydrogen) atoms. The van der Waals surface area contributed by atoms with E-state index in [0.29, 0.717) is 11.3 Å². The first-order chi connectivity index (χ1) is 7.52. The van der Waals surface area contributed by atoms with Crippen LogP contribution in [0.25, 0.3) is 0 Å². The number of carbonyl (C=O) groups excluding carboxylic acids is 1. The lowest BCUT2D eigenvalue weighted by atomic mass is 9.99. The van der Waals surface area contributed by atoms with Gasteiger partial charge in [0.25, 0.3) is 0 Å². The van der Waals surface area contributed by atoms with Crippen LogP contribution in [0.4, 0.5) is 4.39 Å². The summed E-state index contributed by atoms with van der Waals surface area (Å²) >= 11 is 0. The van der Waals surface area contributed by atoms with E-state index in [1.165, 1.54) is 7.11 Å². The summed E-state index contributed by atoms with van der Waals surface area (Å²) in [4.78, 5) is 11.7. The SMILES string of the molecule is COc1c(C)cc(C)c(F)c1C(=O)CCN. The number of rotatable bonds is 4. The van der Waals surface area contributed by atoms with E-state index in [2.05, 4.69) is 0 Å². The van der Waals surface area contributed by atoms with Crippen molar-refractivity contribution >= 4 is 5.78 Å². The molecule has 3 nitrogen and oxygen atoms in total. The van der Waals surface area contributed by atoms with Crippen LogP contribution in [0.2, 0.25) is 0 Å². The monoisotopic (exact) mass is 225 g/mol. The summed E-state index contributed by atoms with van der Waals surface area (Å²) in [5.41, 5.74) is 6.51. The van der Waals surface area contributed by atoms with Gasteiger partial charge in [0.2, 0.25) is 0 Å². The average molecular weight is 225 g/mol. The molecule has 0 spiro atoms. The largest absolute Gasteiger partial charge is 0.496 e. The van der Waals surface area contributed by atoms with Crippen molar-refractivity contribution in [1.29, 1.82) is 0 Å². The smallest absolute Gasteiger partial charge is 0.170 e. The van der Waals surface area contributed by atoms with Crippen molar-refractivity contribution < 1.29 is 13.9 Å². The maximum Gasteiger partial charge on any atom is 0.170 e. The topological polar surface area (TPSA) is 52.3 Å². The maximum atomic E-state index is 13.9. The molecule has 0 radical (unpaired) electrons. The average Bonchev–Trinajstić information content (AvgIpc) is 2.23. The second-order valence-electron chi connectivity index (χ2n) is 3.69. The van der Waals surface area contributed by atoms with Gasteiger partial charge in [0.15, 0.2) is 5.78 Å². The van der Waals surface area contributed by atoms with Crippen LogP contribution in [0.1, 0.15) is 27.9 Å². The lowest BCUT2D eigenvalue weighted by molar-refractivity contribution is 0.0978. The summed E-state index contributed by atoms with van der Waals surface area (Å²) in [6.07, 6.45) is 0.121. The number of ketones is 1. The van der Waals surface area contributed by atoms with Gasteiger partial charge in [0.1, 0.15) is 11.6 Å². The Kier molecular flexibility index (Phi) is 4.01. The molecule has 4 heteroatoms. The van der Waals surface area contributed by atoms with Gasteiger partial charge in [-0.3, -0.25) is 4.79 Å². The lowest BCUT2D eigenvalue weighted by Gasteiger charge is -2.13. The van der Waals surface area contributed by atoms with E-state index in [9.17, 15) is 9.18 Å². The van der Waals surface area contributed by atoms with Crippen LogP contribution < -0.4 is 10.5 Å². The molecule has 0 saturated carbocycles. The zero-order valence-corrected chi connectivity index (χ0v) is 9.76. The van der Waals surface area contributed by atoms with Crippen LogP contribution in [-0.2, 0) is 0 Å². The fourth-order valence-corrected chi connectivity index (χ4v) is 1.72. The molecule has 1 aromatic rings. The van der Waals surface area contributed by atoms with E-state index < -0.39 is 5.82 Å². The molecule has 1 rings (SSSR count). The van der Waals surface area contributed by atoms with Gasteiger partial charge in [0.05, 0.1) is 12.7 Å². The highest BCUT2D eigenvalue weighted by atomic mass is 19.1. The molecule has 0 aliphatic carbocycles. The third-order valence-electron chi connectivity index (χ3n) is 2.44. The number of hydrogen-bond acceptors (Lipinski definition) is 3. The third kappa shape index (κ3) is 2.22. The van der Waals surface area contributed by atoms with Gasteiger partial charge >= 0.3 is 0 Å². The Morgan fingerprint density at radius 1 is 1.44 bits per heavy atom. The van der Waals surface area contributed by atoms with Crippen LogP contribution >= 0.6 is 0 Å². The number of halogens is 1. The Hall–Kier alpha value is -1.42. The van der Waals surface area contributed by atoms with Gasteiger partial charge < -0.3 is 10.5 Å². The van der Waals surface area contributed by atoms with Gasteiger partial charge in [-0.1, -0.05) is 0 Å². The Morgan fingerprint density at radius 2 is 2.06 bits per heavy atom. The predicted octanol–water partition coefficient (Wildman–Crippen LogP) is 1.98. The number of Topliss-reactive ketones (excluding diaryl/α,β-unsaturated/α-hetero) is 1. The van der Waals surface area contributed by atoms with Crippen LogP contribution in [0, 0.1) is 19.7 Å². The van der Waals surface area contributed by atoms with Crippen molar-refractivity contribution in [3.8, 4) is 5.75 Å². The first kappa shape index (κ1) is 12.6. The fourth-order valence-electron chi connectivity index (χ4n) is 1.72. The number of methoxy groups -OCH3 is 1. The Bertz CT molecular complexity index is 416.